The van der Waals surface area contributed by atoms with Gasteiger partial charge in [0.25, 0.3) is 0 Å². The van der Waals surface area contributed by atoms with Crippen molar-refractivity contribution in [2.75, 3.05) is 12.9 Å². The number of pyridine rings is 1. The molecule has 142 valence electrons. The van der Waals surface area contributed by atoms with E-state index in [0.29, 0.717) is 11.3 Å². The van der Waals surface area contributed by atoms with Crippen LogP contribution in [0.1, 0.15) is 27.0 Å². The third kappa shape index (κ3) is 3.24. The zero-order chi connectivity index (χ0) is 19.8. The first-order valence-corrected chi connectivity index (χ1v) is 10.0. The number of carbonyl (C=O) groups is 1. The number of fused-ring (bicyclic) bond motifs is 3. The Morgan fingerprint density at radius 3 is 2.57 bits per heavy atom. The molecule has 2 heterocycles. The van der Waals surface area contributed by atoms with Crippen LogP contribution in [0.4, 0.5) is 0 Å². The first kappa shape index (κ1) is 18.5. The van der Waals surface area contributed by atoms with Gasteiger partial charge in [0, 0.05) is 5.56 Å². The molecule has 0 bridgehead atoms. The van der Waals surface area contributed by atoms with Crippen molar-refractivity contribution in [2.45, 2.75) is 25.9 Å². The maximum atomic E-state index is 12.6. The number of hydrogen-bond acceptors (Lipinski definition) is 5. The molecule has 0 aliphatic carbocycles. The lowest BCUT2D eigenvalue weighted by molar-refractivity contribution is 0.102. The van der Waals surface area contributed by atoms with Gasteiger partial charge in [0.1, 0.15) is 5.75 Å². The summed E-state index contributed by atoms with van der Waals surface area (Å²) in [4.78, 5) is 12.6. The molecule has 4 rings (SSSR count). The molecule has 28 heavy (non-hydrogen) atoms. The Balaban J connectivity index is 1.71. The summed E-state index contributed by atoms with van der Waals surface area (Å²) >= 11 is 1.41. The largest absolute Gasteiger partial charge is 0.497 e. The highest BCUT2D eigenvalue weighted by molar-refractivity contribution is 7.99. The quantitative estimate of drug-likeness (QED) is 0.362. The van der Waals surface area contributed by atoms with Crippen LogP contribution in [-0.4, -0.2) is 33.2 Å². The number of aryl methyl sites for hydroxylation is 3. The smallest absolute Gasteiger partial charge is 0.196 e. The average Bonchev–Trinajstić information content (AvgIpc) is 3.13. The van der Waals surface area contributed by atoms with Gasteiger partial charge in [-0.2, -0.15) is 0 Å². The maximum Gasteiger partial charge on any atom is 0.196 e. The van der Waals surface area contributed by atoms with Gasteiger partial charge in [-0.05, 0) is 73.2 Å². The number of hydrogen-bond donors (Lipinski definition) is 0. The molecule has 0 aliphatic rings. The van der Waals surface area contributed by atoms with E-state index in [0.717, 1.165) is 27.3 Å². The predicted octanol–water partition coefficient (Wildman–Crippen LogP) is 4.79. The van der Waals surface area contributed by atoms with Crippen molar-refractivity contribution in [3.8, 4) is 5.75 Å². The topological polar surface area (TPSA) is 56.5 Å². The second kappa shape index (κ2) is 7.28. The number of carbonyl (C=O) groups excluding carboxylic acids is 1. The molecular formula is C22H21N3O2S. The van der Waals surface area contributed by atoms with Gasteiger partial charge in [-0.25, -0.2) is 0 Å². The summed E-state index contributed by atoms with van der Waals surface area (Å²) in [6.07, 6.45) is 0. The number of methoxy groups -OCH3 is 1. The van der Waals surface area contributed by atoms with E-state index in [9.17, 15) is 4.79 Å². The molecule has 0 amide bonds. The van der Waals surface area contributed by atoms with Gasteiger partial charge in [0.2, 0.25) is 0 Å². The average molecular weight is 391 g/mol. The highest BCUT2D eigenvalue weighted by Gasteiger charge is 2.15. The number of nitrogens with zero attached hydrogens (tertiary/aromatic N) is 3. The van der Waals surface area contributed by atoms with E-state index in [4.69, 9.17) is 4.74 Å². The Bertz CT molecular complexity index is 1210. The Hall–Kier alpha value is -2.86. The van der Waals surface area contributed by atoms with Gasteiger partial charge in [-0.3, -0.25) is 9.20 Å². The molecule has 0 radical (unpaired) electrons. The normalized spacial score (nSPS) is 11.3. The fraction of sp³-hybridized carbons (Fsp3) is 0.227. The molecule has 0 spiro atoms. The molecule has 6 heteroatoms. The molecule has 0 atom stereocenters. The number of thioether (sulfide) groups is 1. The Morgan fingerprint density at radius 2 is 1.79 bits per heavy atom. The van der Waals surface area contributed by atoms with Crippen molar-refractivity contribution in [2.24, 2.45) is 0 Å². The molecule has 0 N–H and O–H groups in total. The van der Waals surface area contributed by atoms with Gasteiger partial charge in [0.15, 0.2) is 16.6 Å². The molecule has 0 saturated carbocycles. The predicted molar refractivity (Wildman–Crippen MR) is 113 cm³/mol. The van der Waals surface area contributed by atoms with Crippen LogP contribution in [-0.2, 0) is 0 Å². The monoisotopic (exact) mass is 391 g/mol. The van der Waals surface area contributed by atoms with Crippen molar-refractivity contribution in [3.63, 3.8) is 0 Å². The summed E-state index contributed by atoms with van der Waals surface area (Å²) in [5.41, 5.74) is 6.05. The van der Waals surface area contributed by atoms with E-state index in [1.54, 1.807) is 19.2 Å². The Morgan fingerprint density at radius 1 is 1.04 bits per heavy atom. The molecular weight excluding hydrogens is 370 g/mol. The number of benzene rings is 2. The molecule has 0 saturated heterocycles. The Labute approximate surface area is 167 Å². The molecule has 0 aliphatic heterocycles. The molecule has 2 aromatic heterocycles. The van der Waals surface area contributed by atoms with E-state index < -0.39 is 0 Å². The first-order chi connectivity index (χ1) is 13.5. The maximum absolute atomic E-state index is 12.6. The van der Waals surface area contributed by atoms with Crippen molar-refractivity contribution in [3.05, 3.63) is 64.7 Å². The van der Waals surface area contributed by atoms with Crippen LogP contribution in [0.3, 0.4) is 0 Å². The van der Waals surface area contributed by atoms with Crippen molar-refractivity contribution >= 4 is 34.1 Å². The molecule has 4 aromatic rings. The number of aromatic nitrogens is 3. The second-order valence-corrected chi connectivity index (χ2v) is 7.85. The minimum atomic E-state index is 0.0321. The minimum absolute atomic E-state index is 0.0321. The van der Waals surface area contributed by atoms with Gasteiger partial charge in [-0.1, -0.05) is 23.9 Å². The fourth-order valence-electron chi connectivity index (χ4n) is 3.28. The van der Waals surface area contributed by atoms with Crippen LogP contribution in [0.15, 0.2) is 47.6 Å². The standard InChI is InChI=1S/C22H21N3O2S/c1-13-8-17-9-15(3)21-23-24-22(25(21)19(17)10-14(13)2)28-12-20(26)16-6-5-7-18(11-16)27-4/h5-11H,12H2,1-4H3. The highest BCUT2D eigenvalue weighted by Crippen LogP contribution is 2.28. The molecule has 0 unspecified atom stereocenters. The third-order valence-corrected chi connectivity index (χ3v) is 5.90. The summed E-state index contributed by atoms with van der Waals surface area (Å²) in [6, 6.07) is 13.7. The second-order valence-electron chi connectivity index (χ2n) is 6.91. The lowest BCUT2D eigenvalue weighted by atomic mass is 10.0. The molecule has 2 aromatic carbocycles. The zero-order valence-corrected chi connectivity index (χ0v) is 17.1. The van der Waals surface area contributed by atoms with Crippen LogP contribution in [0, 0.1) is 20.8 Å². The van der Waals surface area contributed by atoms with Crippen LogP contribution in [0.5, 0.6) is 5.75 Å². The number of ether oxygens (including phenoxy) is 1. The van der Waals surface area contributed by atoms with E-state index in [-0.39, 0.29) is 11.5 Å². The lowest BCUT2D eigenvalue weighted by Crippen LogP contribution is -2.04. The van der Waals surface area contributed by atoms with Crippen LogP contribution >= 0.6 is 11.8 Å². The van der Waals surface area contributed by atoms with Crippen LogP contribution in [0.2, 0.25) is 0 Å². The van der Waals surface area contributed by atoms with Crippen LogP contribution < -0.4 is 4.74 Å². The van der Waals surface area contributed by atoms with Crippen LogP contribution in [0.25, 0.3) is 16.6 Å². The highest BCUT2D eigenvalue weighted by atomic mass is 32.2. The number of rotatable bonds is 5. The van der Waals surface area contributed by atoms with E-state index in [2.05, 4.69) is 46.6 Å². The van der Waals surface area contributed by atoms with E-state index in [1.807, 2.05) is 19.1 Å². The van der Waals surface area contributed by atoms with E-state index in [1.165, 1.54) is 22.9 Å². The van der Waals surface area contributed by atoms with Gasteiger partial charge in [-0.15, -0.1) is 10.2 Å². The first-order valence-electron chi connectivity index (χ1n) is 9.03. The minimum Gasteiger partial charge on any atom is -0.497 e. The third-order valence-electron chi connectivity index (χ3n) is 4.97. The summed E-state index contributed by atoms with van der Waals surface area (Å²) in [7, 11) is 1.60. The van der Waals surface area contributed by atoms with Gasteiger partial charge < -0.3 is 4.74 Å². The summed E-state index contributed by atoms with van der Waals surface area (Å²) in [5.74, 6) is 0.995. The van der Waals surface area contributed by atoms with Crippen molar-refractivity contribution < 1.29 is 9.53 Å². The molecule has 5 nitrogen and oxygen atoms in total. The van der Waals surface area contributed by atoms with E-state index >= 15 is 0 Å². The van der Waals surface area contributed by atoms with Crippen molar-refractivity contribution in [1.82, 2.24) is 14.6 Å². The van der Waals surface area contributed by atoms with Gasteiger partial charge in [0.05, 0.1) is 18.4 Å². The van der Waals surface area contributed by atoms with Crippen molar-refractivity contribution in [1.29, 1.82) is 0 Å². The van der Waals surface area contributed by atoms with Gasteiger partial charge >= 0.3 is 0 Å². The SMILES string of the molecule is COc1cccc(C(=O)CSc2nnc3c(C)cc4cc(C)c(C)cc4n23)c1. The fourth-order valence-corrected chi connectivity index (χ4v) is 4.12. The number of ketones is 1. The zero-order valence-electron chi connectivity index (χ0n) is 16.3. The summed E-state index contributed by atoms with van der Waals surface area (Å²) in [6.45, 7) is 6.25. The lowest BCUT2D eigenvalue weighted by Gasteiger charge is -2.10. The number of Topliss-reactive ketones (excluding diaryl/α,β-unsaturated/α-hetero) is 1. The summed E-state index contributed by atoms with van der Waals surface area (Å²) in [5, 5.41) is 10.6. The summed E-state index contributed by atoms with van der Waals surface area (Å²) < 4.78 is 7.27. The Kier molecular flexibility index (Phi) is 4.81. The molecule has 0 fully saturated rings.